The van der Waals surface area contributed by atoms with Gasteiger partial charge >= 0.3 is 35.7 Å². The molecule has 5 saturated heterocycles. The molecular formula is C45H70NNaO12. The van der Waals surface area contributed by atoms with E-state index in [1.807, 2.05) is 51.1 Å². The molecule has 5 heterocycles. The molecule has 17 unspecified atom stereocenters. The SMILES string of the molecule is CCC1(C2OC(C3OC(O)(COC(=O)NCCc4ccccc4)C(C)CC3C)CC2C)CCC(C2(C)CCC3(CC(O)C(C)C(C(C)C(OC)C(C)C(=O)[O-])O3)O2)O1.[Na+]. The number of carbonyl (C=O) groups excluding carboxylic acids is 2. The van der Waals surface area contributed by atoms with E-state index < -0.39 is 65.2 Å². The van der Waals surface area contributed by atoms with Crippen molar-refractivity contribution >= 4 is 12.1 Å². The zero-order valence-corrected chi connectivity index (χ0v) is 39.1. The maximum Gasteiger partial charge on any atom is 1.00 e. The molecule has 13 nitrogen and oxygen atoms in total. The van der Waals surface area contributed by atoms with Gasteiger partial charge in [0.15, 0.2) is 5.79 Å². The number of rotatable bonds is 14. The topological polar surface area (TPSA) is 174 Å². The summed E-state index contributed by atoms with van der Waals surface area (Å²) >= 11 is 0. The number of aliphatic carboxylic acids is 1. The van der Waals surface area contributed by atoms with E-state index >= 15 is 0 Å². The summed E-state index contributed by atoms with van der Waals surface area (Å²) in [6, 6.07) is 9.88. The number of aliphatic hydroxyl groups excluding tert-OH is 1. The van der Waals surface area contributed by atoms with Gasteiger partial charge in [-0.15, -0.1) is 0 Å². The number of amides is 1. The third-order valence-electron chi connectivity index (χ3n) is 14.7. The van der Waals surface area contributed by atoms with Crippen molar-refractivity contribution < 1.29 is 87.6 Å². The fourth-order valence-corrected chi connectivity index (χ4v) is 11.1. The van der Waals surface area contributed by atoms with Crippen molar-refractivity contribution in [3.05, 3.63) is 35.9 Å². The Morgan fingerprint density at radius 1 is 1.02 bits per heavy atom. The van der Waals surface area contributed by atoms with Gasteiger partial charge in [-0.2, -0.15) is 0 Å². The molecule has 5 aliphatic heterocycles. The van der Waals surface area contributed by atoms with E-state index in [-0.39, 0.29) is 84.1 Å². The number of alkyl carbamates (subject to hydrolysis) is 1. The zero-order valence-electron chi connectivity index (χ0n) is 37.1. The summed E-state index contributed by atoms with van der Waals surface area (Å²) in [4.78, 5) is 24.4. The van der Waals surface area contributed by atoms with Crippen LogP contribution in [0.2, 0.25) is 0 Å². The van der Waals surface area contributed by atoms with E-state index in [4.69, 9.17) is 33.2 Å². The summed E-state index contributed by atoms with van der Waals surface area (Å²) < 4.78 is 45.5. The van der Waals surface area contributed by atoms with Crippen molar-refractivity contribution in [2.45, 2.75) is 179 Å². The molecule has 3 N–H and O–H groups in total. The smallest absolute Gasteiger partial charge is 0.550 e. The average Bonchev–Trinajstić information content (AvgIpc) is 3.91. The number of hydrogen-bond acceptors (Lipinski definition) is 12. The van der Waals surface area contributed by atoms with E-state index in [1.54, 1.807) is 6.92 Å². The second kappa shape index (κ2) is 19.6. The number of carboxylic acids is 1. The fraction of sp³-hybridized carbons (Fsp3) is 0.822. The van der Waals surface area contributed by atoms with Gasteiger partial charge in [-0.3, -0.25) is 0 Å². The van der Waals surface area contributed by atoms with Crippen LogP contribution < -0.4 is 40.0 Å². The van der Waals surface area contributed by atoms with Crippen LogP contribution in [-0.4, -0.2) is 108 Å². The summed E-state index contributed by atoms with van der Waals surface area (Å²) in [5.74, 6) is -5.36. The minimum atomic E-state index is -1.65. The molecule has 5 fully saturated rings. The summed E-state index contributed by atoms with van der Waals surface area (Å²) in [6.45, 7) is 16.0. The van der Waals surface area contributed by atoms with Crippen molar-refractivity contribution in [2.75, 3.05) is 20.3 Å². The van der Waals surface area contributed by atoms with Crippen LogP contribution in [-0.2, 0) is 44.4 Å². The minimum Gasteiger partial charge on any atom is -0.550 e. The summed E-state index contributed by atoms with van der Waals surface area (Å²) in [5, 5.41) is 37.7. The first-order valence-electron chi connectivity index (χ1n) is 21.9. The fourth-order valence-electron chi connectivity index (χ4n) is 11.1. The van der Waals surface area contributed by atoms with Crippen LogP contribution in [0.15, 0.2) is 30.3 Å². The Morgan fingerprint density at radius 2 is 1.73 bits per heavy atom. The quantitative estimate of drug-likeness (QED) is 0.233. The van der Waals surface area contributed by atoms with E-state index in [0.29, 0.717) is 38.6 Å². The van der Waals surface area contributed by atoms with Gasteiger partial charge in [0.05, 0.1) is 53.9 Å². The van der Waals surface area contributed by atoms with Gasteiger partial charge < -0.3 is 58.6 Å². The molecular weight excluding hydrogens is 769 g/mol. The van der Waals surface area contributed by atoms with Gasteiger partial charge in [0.25, 0.3) is 0 Å². The molecule has 328 valence electrons. The van der Waals surface area contributed by atoms with Crippen molar-refractivity contribution in [1.82, 2.24) is 5.32 Å². The number of nitrogens with one attached hydrogen (secondary N) is 1. The number of benzene rings is 1. The summed E-state index contributed by atoms with van der Waals surface area (Å²) in [5.41, 5.74) is -0.139. The Morgan fingerprint density at radius 3 is 2.39 bits per heavy atom. The summed E-state index contributed by atoms with van der Waals surface area (Å²) in [7, 11) is 1.49. The van der Waals surface area contributed by atoms with Crippen molar-refractivity contribution in [1.29, 1.82) is 0 Å². The first kappa shape index (κ1) is 48.7. The molecule has 1 aromatic carbocycles. The van der Waals surface area contributed by atoms with E-state index in [0.717, 1.165) is 31.2 Å². The largest absolute Gasteiger partial charge is 1.00 e. The molecule has 59 heavy (non-hydrogen) atoms. The molecule has 1 spiro atoms. The van der Waals surface area contributed by atoms with E-state index in [1.165, 1.54) is 7.11 Å². The second-order valence-corrected chi connectivity index (χ2v) is 18.9. The van der Waals surface area contributed by atoms with Gasteiger partial charge in [-0.25, -0.2) is 4.79 Å². The van der Waals surface area contributed by atoms with Crippen LogP contribution in [0.5, 0.6) is 0 Å². The van der Waals surface area contributed by atoms with Crippen LogP contribution in [0.1, 0.15) is 112 Å². The number of carbonyl (C=O) groups is 2. The molecule has 5 aliphatic rings. The Kier molecular flexibility index (Phi) is 16.1. The maximum absolute atomic E-state index is 12.6. The molecule has 1 amide bonds. The van der Waals surface area contributed by atoms with Crippen molar-refractivity contribution in [2.24, 2.45) is 35.5 Å². The summed E-state index contributed by atoms with van der Waals surface area (Å²) in [6.07, 6.45) is 2.33. The molecule has 17 atom stereocenters. The van der Waals surface area contributed by atoms with Gasteiger partial charge in [0.1, 0.15) is 6.61 Å². The van der Waals surface area contributed by atoms with Gasteiger partial charge in [0.2, 0.25) is 5.79 Å². The van der Waals surface area contributed by atoms with Gasteiger partial charge in [-0.1, -0.05) is 78.8 Å². The Bertz CT molecular complexity index is 1560. The standard InChI is InChI=1S/C45H71NO12.Na/c1-10-43(18-16-35(55-43)42(8)19-20-44(58-42)24-33(47)29(5)38(56-44)30(6)37(52-9)31(7)40(48)49)39-27(3)23-34(54-39)36-26(2)22-28(4)45(51,57-36)25-53-41(50)46-21-17-32-14-12-11-13-15-32;/h11-15,26-31,33-39,47,51H,10,16-25H2,1-9H3,(H,46,50)(H,48,49);/q;+1/p-1. The first-order valence-corrected chi connectivity index (χ1v) is 21.9. The zero-order chi connectivity index (χ0) is 42.2. The van der Waals surface area contributed by atoms with Crippen LogP contribution in [0.4, 0.5) is 4.79 Å². The number of carboxylic acid groups (broad SMARTS) is 1. The molecule has 1 aromatic rings. The molecule has 14 heteroatoms. The monoisotopic (exact) mass is 839 g/mol. The van der Waals surface area contributed by atoms with Crippen molar-refractivity contribution in [3.8, 4) is 0 Å². The Balaban J connectivity index is 0.00000661. The normalized spacial score (nSPS) is 42.5. The first-order chi connectivity index (χ1) is 27.4. The van der Waals surface area contributed by atoms with E-state index in [2.05, 4.69) is 33.0 Å². The van der Waals surface area contributed by atoms with Crippen molar-refractivity contribution in [3.63, 3.8) is 0 Å². The third kappa shape index (κ3) is 10.2. The van der Waals surface area contributed by atoms with Crippen LogP contribution in [0.25, 0.3) is 0 Å². The van der Waals surface area contributed by atoms with Gasteiger partial charge in [-0.05, 0) is 69.3 Å². The van der Waals surface area contributed by atoms with Crippen LogP contribution >= 0.6 is 0 Å². The maximum atomic E-state index is 12.6. The predicted octanol–water partition coefficient (Wildman–Crippen LogP) is 1.92. The molecule has 6 rings (SSSR count). The molecule has 0 saturated carbocycles. The molecule has 0 aliphatic carbocycles. The number of aliphatic hydroxyl groups is 2. The third-order valence-corrected chi connectivity index (χ3v) is 14.7. The Labute approximate surface area is 373 Å². The van der Waals surface area contributed by atoms with Crippen LogP contribution in [0, 0.1) is 35.5 Å². The van der Waals surface area contributed by atoms with Gasteiger partial charge in [0, 0.05) is 56.1 Å². The number of ether oxygens (including phenoxy) is 7. The molecule has 0 aromatic heterocycles. The predicted molar refractivity (Wildman–Crippen MR) is 212 cm³/mol. The number of hydrogen-bond donors (Lipinski definition) is 3. The van der Waals surface area contributed by atoms with Crippen LogP contribution in [0.3, 0.4) is 0 Å². The minimum absolute atomic E-state index is 0. The van der Waals surface area contributed by atoms with E-state index in [9.17, 15) is 24.9 Å². The second-order valence-electron chi connectivity index (χ2n) is 18.9. The number of methoxy groups -OCH3 is 1. The average molecular weight is 840 g/mol. The Hall–Kier alpha value is -1.36. The molecule has 0 radical (unpaired) electrons. The molecule has 0 bridgehead atoms.